The lowest BCUT2D eigenvalue weighted by Crippen LogP contribution is -2.43. The molecule has 0 spiro atoms. The van der Waals surface area contributed by atoms with E-state index in [1.807, 2.05) is 6.07 Å². The van der Waals surface area contributed by atoms with Crippen LogP contribution in [0, 0.1) is 0 Å². The Balaban J connectivity index is 1.74. The summed E-state index contributed by atoms with van der Waals surface area (Å²) in [4.78, 5) is 0. The molecule has 6 heteroatoms. The first kappa shape index (κ1) is 14.1. The first-order valence-corrected chi connectivity index (χ1v) is 8.94. The molecule has 3 rings (SSSR count). The molecule has 112 valence electrons. The minimum Gasteiger partial charge on any atom is -0.469 e. The highest BCUT2D eigenvalue weighted by Crippen LogP contribution is 2.31. The Hall–Kier alpha value is -0.850. The quantitative estimate of drug-likeness (QED) is 0.932. The Kier molecular flexibility index (Phi) is 4.14. The molecule has 0 amide bonds. The number of nitrogens with one attached hydrogen (secondary N) is 1. The van der Waals surface area contributed by atoms with Gasteiger partial charge in [-0.3, -0.25) is 0 Å². The molecule has 1 fully saturated rings. The second-order valence-corrected chi connectivity index (χ2v) is 7.38. The fourth-order valence-electron chi connectivity index (χ4n) is 3.15. The van der Waals surface area contributed by atoms with Crippen LogP contribution in [0.4, 0.5) is 0 Å². The normalized spacial score (nSPS) is 25.1. The van der Waals surface area contributed by atoms with E-state index >= 15 is 0 Å². The van der Waals surface area contributed by atoms with Gasteiger partial charge in [-0.15, -0.1) is 0 Å². The van der Waals surface area contributed by atoms with Gasteiger partial charge in [-0.25, -0.2) is 0 Å². The lowest BCUT2D eigenvalue weighted by Gasteiger charge is -2.27. The smallest absolute Gasteiger partial charge is 0.280 e. The molecule has 1 aromatic heterocycles. The maximum atomic E-state index is 12.5. The summed E-state index contributed by atoms with van der Waals surface area (Å²) >= 11 is 0. The zero-order valence-electron chi connectivity index (χ0n) is 11.7. The molecular formula is C14H22N2O3S. The third-order valence-corrected chi connectivity index (χ3v) is 5.88. The Morgan fingerprint density at radius 2 is 1.90 bits per heavy atom. The van der Waals surface area contributed by atoms with Crippen molar-refractivity contribution in [1.29, 1.82) is 0 Å². The van der Waals surface area contributed by atoms with Crippen LogP contribution >= 0.6 is 0 Å². The van der Waals surface area contributed by atoms with Crippen molar-refractivity contribution >= 4 is 10.2 Å². The number of hydrogen-bond donors (Lipinski definition) is 1. The minimum atomic E-state index is -3.39. The van der Waals surface area contributed by atoms with Gasteiger partial charge in [0.05, 0.1) is 12.3 Å². The van der Waals surface area contributed by atoms with Crippen LogP contribution in [-0.4, -0.2) is 25.8 Å². The van der Waals surface area contributed by atoms with Crippen LogP contribution < -0.4 is 4.72 Å². The summed E-state index contributed by atoms with van der Waals surface area (Å²) in [6.07, 6.45) is 8.55. The monoisotopic (exact) mass is 298 g/mol. The number of rotatable bonds is 3. The summed E-state index contributed by atoms with van der Waals surface area (Å²) in [5.74, 6) is 0.930. The fraction of sp³-hybridized carbons (Fsp3) is 0.714. The van der Waals surface area contributed by atoms with Gasteiger partial charge in [-0.05, 0) is 31.7 Å². The standard InChI is InChI=1S/C14H22N2O3S/c17-20(18,16-9-3-1-2-4-10-16)15-13-6-5-7-14-12(13)8-11-19-14/h8,11,13,15H,1-7,9-10H2. The molecule has 0 bridgehead atoms. The van der Waals surface area contributed by atoms with E-state index in [1.54, 1.807) is 10.6 Å². The number of fused-ring (bicyclic) bond motifs is 1. The van der Waals surface area contributed by atoms with E-state index in [2.05, 4.69) is 4.72 Å². The second-order valence-electron chi connectivity index (χ2n) is 5.68. The van der Waals surface area contributed by atoms with E-state index in [0.29, 0.717) is 13.1 Å². The van der Waals surface area contributed by atoms with Crippen LogP contribution in [0.2, 0.25) is 0 Å². The highest BCUT2D eigenvalue weighted by molar-refractivity contribution is 7.87. The molecule has 5 nitrogen and oxygen atoms in total. The summed E-state index contributed by atoms with van der Waals surface area (Å²) < 4.78 is 34.9. The van der Waals surface area contributed by atoms with Gasteiger partial charge < -0.3 is 4.42 Å². The molecular weight excluding hydrogens is 276 g/mol. The summed E-state index contributed by atoms with van der Waals surface area (Å²) in [6.45, 7) is 1.28. The predicted octanol–water partition coefficient (Wildman–Crippen LogP) is 2.37. The summed E-state index contributed by atoms with van der Waals surface area (Å²) in [5.41, 5.74) is 1.01. The van der Waals surface area contributed by atoms with Crippen molar-refractivity contribution in [1.82, 2.24) is 9.03 Å². The van der Waals surface area contributed by atoms with Gasteiger partial charge >= 0.3 is 0 Å². The van der Waals surface area contributed by atoms with E-state index < -0.39 is 10.2 Å². The van der Waals surface area contributed by atoms with Gasteiger partial charge in [0.15, 0.2) is 0 Å². The highest BCUT2D eigenvalue weighted by atomic mass is 32.2. The van der Waals surface area contributed by atoms with Crippen molar-refractivity contribution in [2.45, 2.75) is 51.0 Å². The van der Waals surface area contributed by atoms with E-state index in [9.17, 15) is 8.42 Å². The van der Waals surface area contributed by atoms with Crippen LogP contribution in [0.15, 0.2) is 16.7 Å². The molecule has 1 N–H and O–H groups in total. The number of nitrogens with zero attached hydrogens (tertiary/aromatic N) is 1. The van der Waals surface area contributed by atoms with Crippen molar-refractivity contribution < 1.29 is 12.8 Å². The molecule has 2 aliphatic rings. The van der Waals surface area contributed by atoms with Crippen molar-refractivity contribution in [3.8, 4) is 0 Å². The average molecular weight is 298 g/mol. The molecule has 0 aromatic carbocycles. The van der Waals surface area contributed by atoms with E-state index in [4.69, 9.17) is 4.42 Å². The van der Waals surface area contributed by atoms with Crippen molar-refractivity contribution in [2.75, 3.05) is 13.1 Å². The molecule has 0 radical (unpaired) electrons. The average Bonchev–Trinajstić information content (AvgIpc) is 2.72. The van der Waals surface area contributed by atoms with Gasteiger partial charge in [0.1, 0.15) is 5.76 Å². The van der Waals surface area contributed by atoms with E-state index in [0.717, 1.165) is 56.3 Å². The van der Waals surface area contributed by atoms with Gasteiger partial charge in [-0.1, -0.05) is 12.8 Å². The highest BCUT2D eigenvalue weighted by Gasteiger charge is 2.30. The van der Waals surface area contributed by atoms with Crippen LogP contribution in [0.3, 0.4) is 0 Å². The third kappa shape index (κ3) is 2.92. The number of hydrogen-bond acceptors (Lipinski definition) is 3. The SMILES string of the molecule is O=S(=O)(NC1CCCc2occc21)N1CCCCCC1. The Bertz CT molecular complexity index is 545. The second kappa shape index (κ2) is 5.87. The summed E-state index contributed by atoms with van der Waals surface area (Å²) in [7, 11) is -3.39. The summed E-state index contributed by atoms with van der Waals surface area (Å²) in [5, 5.41) is 0. The van der Waals surface area contributed by atoms with Gasteiger partial charge in [0.25, 0.3) is 10.2 Å². The Morgan fingerprint density at radius 1 is 1.15 bits per heavy atom. The lowest BCUT2D eigenvalue weighted by molar-refractivity contribution is 0.393. The number of furan rings is 1. The van der Waals surface area contributed by atoms with E-state index in [1.165, 1.54) is 0 Å². The van der Waals surface area contributed by atoms with Gasteiger partial charge in [-0.2, -0.15) is 17.4 Å². The molecule has 1 saturated heterocycles. The van der Waals surface area contributed by atoms with Gasteiger partial charge in [0.2, 0.25) is 0 Å². The molecule has 20 heavy (non-hydrogen) atoms. The van der Waals surface area contributed by atoms with Crippen molar-refractivity contribution in [3.05, 3.63) is 23.7 Å². The molecule has 2 heterocycles. The Morgan fingerprint density at radius 3 is 2.65 bits per heavy atom. The zero-order valence-corrected chi connectivity index (χ0v) is 12.5. The molecule has 0 saturated carbocycles. The van der Waals surface area contributed by atoms with Crippen LogP contribution in [-0.2, 0) is 16.6 Å². The van der Waals surface area contributed by atoms with Crippen molar-refractivity contribution in [2.24, 2.45) is 0 Å². The number of aryl methyl sites for hydroxylation is 1. The maximum Gasteiger partial charge on any atom is 0.280 e. The van der Waals surface area contributed by atoms with Crippen LogP contribution in [0.1, 0.15) is 55.9 Å². The molecule has 1 aliphatic carbocycles. The fourth-order valence-corrected chi connectivity index (χ4v) is 4.64. The lowest BCUT2D eigenvalue weighted by atomic mass is 9.94. The third-order valence-electron chi connectivity index (χ3n) is 4.25. The topological polar surface area (TPSA) is 62.6 Å². The van der Waals surface area contributed by atoms with Crippen LogP contribution in [0.25, 0.3) is 0 Å². The van der Waals surface area contributed by atoms with Crippen LogP contribution in [0.5, 0.6) is 0 Å². The predicted molar refractivity (Wildman–Crippen MR) is 76.5 cm³/mol. The minimum absolute atomic E-state index is 0.134. The molecule has 1 aliphatic heterocycles. The molecule has 1 unspecified atom stereocenters. The maximum absolute atomic E-state index is 12.5. The Labute approximate surface area is 120 Å². The molecule has 1 atom stereocenters. The van der Waals surface area contributed by atoms with E-state index in [-0.39, 0.29) is 6.04 Å². The first-order valence-electron chi connectivity index (χ1n) is 7.50. The molecule has 1 aromatic rings. The zero-order chi connectivity index (χ0) is 14.0. The van der Waals surface area contributed by atoms with Gasteiger partial charge in [0, 0.05) is 25.1 Å². The summed E-state index contributed by atoms with van der Waals surface area (Å²) in [6, 6.07) is 1.76. The largest absolute Gasteiger partial charge is 0.469 e. The van der Waals surface area contributed by atoms with Crippen molar-refractivity contribution in [3.63, 3.8) is 0 Å². The first-order chi connectivity index (χ1) is 9.67.